The fourth-order valence-corrected chi connectivity index (χ4v) is 2.76. The topological polar surface area (TPSA) is 52.7 Å². The highest BCUT2D eigenvalue weighted by Crippen LogP contribution is 2.18. The number of Topliss-reactive ketones (excluding diaryl/α,β-unsaturated/α-hetero) is 1. The quantitative estimate of drug-likeness (QED) is 0.838. The van der Waals surface area contributed by atoms with E-state index in [2.05, 4.69) is 15.1 Å². The number of hydrogen-bond donors (Lipinski definition) is 1. The summed E-state index contributed by atoms with van der Waals surface area (Å²) in [6, 6.07) is 7.67. The van der Waals surface area contributed by atoms with Crippen LogP contribution in [0.1, 0.15) is 31.1 Å². The molecule has 0 bridgehead atoms. The van der Waals surface area contributed by atoms with Crippen molar-refractivity contribution >= 4 is 17.4 Å². The summed E-state index contributed by atoms with van der Waals surface area (Å²) in [7, 11) is 0. The van der Waals surface area contributed by atoms with Gasteiger partial charge < -0.3 is 10.2 Å². The molecule has 1 heterocycles. The van der Waals surface area contributed by atoms with Crippen molar-refractivity contribution in [1.29, 1.82) is 0 Å². The van der Waals surface area contributed by atoms with E-state index in [4.69, 9.17) is 0 Å². The molecule has 1 aromatic carbocycles. The first-order valence-corrected chi connectivity index (χ1v) is 7.90. The van der Waals surface area contributed by atoms with Gasteiger partial charge >= 0.3 is 0 Å². The van der Waals surface area contributed by atoms with Crippen LogP contribution in [0.3, 0.4) is 0 Å². The van der Waals surface area contributed by atoms with Gasteiger partial charge in [0.15, 0.2) is 5.78 Å². The van der Waals surface area contributed by atoms with Crippen molar-refractivity contribution < 1.29 is 9.59 Å². The van der Waals surface area contributed by atoms with Crippen molar-refractivity contribution in [3.8, 4) is 0 Å². The fraction of sp³-hybridized carbons (Fsp3) is 0.529. The Hall–Kier alpha value is -1.88. The highest BCUT2D eigenvalue weighted by atomic mass is 16.2. The van der Waals surface area contributed by atoms with Gasteiger partial charge in [-0.25, -0.2) is 0 Å². The largest absolute Gasteiger partial charge is 0.369 e. The molecule has 1 amide bonds. The van der Waals surface area contributed by atoms with E-state index in [0.29, 0.717) is 6.54 Å². The van der Waals surface area contributed by atoms with Crippen LogP contribution in [0, 0.1) is 0 Å². The minimum atomic E-state index is -0.0813. The third kappa shape index (κ3) is 3.85. The predicted octanol–water partition coefficient (Wildman–Crippen LogP) is 1.54. The van der Waals surface area contributed by atoms with Gasteiger partial charge in [-0.3, -0.25) is 14.5 Å². The lowest BCUT2D eigenvalue weighted by Crippen LogP contribution is -2.54. The number of hydrogen-bond acceptors (Lipinski definition) is 4. The lowest BCUT2D eigenvalue weighted by molar-refractivity contribution is -0.125. The molecule has 0 radical (unpaired) electrons. The summed E-state index contributed by atoms with van der Waals surface area (Å²) in [5.41, 5.74) is 1.88. The van der Waals surface area contributed by atoms with Crippen molar-refractivity contribution in [2.45, 2.75) is 26.8 Å². The Morgan fingerprint density at radius 1 is 1.14 bits per heavy atom. The van der Waals surface area contributed by atoms with Crippen LogP contribution in [0.5, 0.6) is 0 Å². The Labute approximate surface area is 132 Å². The Balaban J connectivity index is 1.91. The van der Waals surface area contributed by atoms with Gasteiger partial charge in [-0.15, -0.1) is 0 Å². The number of likely N-dealkylation sites (N-methyl/N-ethyl adjacent to an activating group) is 1. The normalized spacial score (nSPS) is 17.1. The van der Waals surface area contributed by atoms with Gasteiger partial charge in [0.25, 0.3) is 0 Å². The van der Waals surface area contributed by atoms with Gasteiger partial charge in [0.2, 0.25) is 5.91 Å². The number of rotatable bonds is 5. The van der Waals surface area contributed by atoms with Crippen molar-refractivity contribution in [2.75, 3.05) is 37.6 Å². The van der Waals surface area contributed by atoms with Crippen LogP contribution in [0.25, 0.3) is 0 Å². The van der Waals surface area contributed by atoms with Gasteiger partial charge in [-0.1, -0.05) is 0 Å². The SMILES string of the molecule is CCNC(=O)[C@@H](C)N1CCN(c2ccc(C(C)=O)cc2)CC1. The molecule has 22 heavy (non-hydrogen) atoms. The maximum Gasteiger partial charge on any atom is 0.237 e. The van der Waals surface area contributed by atoms with Crippen molar-refractivity contribution in [3.63, 3.8) is 0 Å². The fourth-order valence-electron chi connectivity index (χ4n) is 2.76. The van der Waals surface area contributed by atoms with E-state index in [1.54, 1.807) is 6.92 Å². The molecule has 1 fully saturated rings. The second-order valence-corrected chi connectivity index (χ2v) is 5.70. The summed E-state index contributed by atoms with van der Waals surface area (Å²) in [4.78, 5) is 27.7. The average Bonchev–Trinajstić information content (AvgIpc) is 2.54. The van der Waals surface area contributed by atoms with Crippen LogP contribution in [0.2, 0.25) is 0 Å². The summed E-state index contributed by atoms with van der Waals surface area (Å²) >= 11 is 0. The molecular formula is C17H25N3O2. The smallest absolute Gasteiger partial charge is 0.237 e. The molecule has 0 spiro atoms. The highest BCUT2D eigenvalue weighted by Gasteiger charge is 2.25. The number of ketones is 1. The first-order chi connectivity index (χ1) is 10.5. The summed E-state index contributed by atoms with van der Waals surface area (Å²) in [5.74, 6) is 0.189. The first kappa shape index (κ1) is 16.5. The minimum absolute atomic E-state index is 0.0813. The number of carbonyl (C=O) groups excluding carboxylic acids is 2. The zero-order valence-electron chi connectivity index (χ0n) is 13.6. The van der Waals surface area contributed by atoms with Gasteiger partial charge in [0, 0.05) is 44.0 Å². The molecule has 0 aliphatic carbocycles. The molecule has 5 heteroatoms. The molecule has 2 rings (SSSR count). The van der Waals surface area contributed by atoms with E-state index >= 15 is 0 Å². The van der Waals surface area contributed by atoms with Crippen LogP contribution < -0.4 is 10.2 Å². The average molecular weight is 303 g/mol. The molecule has 120 valence electrons. The second-order valence-electron chi connectivity index (χ2n) is 5.70. The summed E-state index contributed by atoms with van der Waals surface area (Å²) < 4.78 is 0. The molecule has 1 atom stereocenters. The molecule has 0 saturated carbocycles. The number of benzene rings is 1. The van der Waals surface area contributed by atoms with Crippen molar-refractivity contribution in [2.24, 2.45) is 0 Å². The summed E-state index contributed by atoms with van der Waals surface area (Å²) in [6.07, 6.45) is 0. The van der Waals surface area contributed by atoms with Crippen molar-refractivity contribution in [1.82, 2.24) is 10.2 Å². The zero-order chi connectivity index (χ0) is 16.1. The van der Waals surface area contributed by atoms with Crippen LogP contribution in [-0.4, -0.2) is 55.4 Å². The Kier molecular flexibility index (Phi) is 5.55. The van der Waals surface area contributed by atoms with E-state index in [1.807, 2.05) is 38.1 Å². The van der Waals surface area contributed by atoms with Crippen molar-refractivity contribution in [3.05, 3.63) is 29.8 Å². The van der Waals surface area contributed by atoms with Crippen LogP contribution in [0.15, 0.2) is 24.3 Å². The Bertz CT molecular complexity index is 519. The predicted molar refractivity (Wildman–Crippen MR) is 88.4 cm³/mol. The second kappa shape index (κ2) is 7.40. The number of anilines is 1. The third-order valence-electron chi connectivity index (χ3n) is 4.23. The lowest BCUT2D eigenvalue weighted by Gasteiger charge is -2.38. The molecule has 0 unspecified atom stereocenters. The van der Waals surface area contributed by atoms with E-state index < -0.39 is 0 Å². The van der Waals surface area contributed by atoms with Gasteiger partial charge in [0.05, 0.1) is 6.04 Å². The molecule has 1 aliphatic heterocycles. The zero-order valence-corrected chi connectivity index (χ0v) is 13.6. The minimum Gasteiger partial charge on any atom is -0.369 e. The highest BCUT2D eigenvalue weighted by molar-refractivity contribution is 5.94. The van der Waals surface area contributed by atoms with Gasteiger partial charge in [-0.05, 0) is 45.0 Å². The molecule has 1 saturated heterocycles. The molecule has 1 aliphatic rings. The molecule has 5 nitrogen and oxygen atoms in total. The van der Waals surface area contributed by atoms with E-state index in [-0.39, 0.29) is 17.7 Å². The molecule has 0 aromatic heterocycles. The lowest BCUT2D eigenvalue weighted by atomic mass is 10.1. The summed E-state index contributed by atoms with van der Waals surface area (Å²) in [6.45, 7) is 9.67. The van der Waals surface area contributed by atoms with Crippen LogP contribution >= 0.6 is 0 Å². The number of nitrogens with zero attached hydrogens (tertiary/aromatic N) is 2. The number of nitrogens with one attached hydrogen (secondary N) is 1. The van der Waals surface area contributed by atoms with E-state index in [9.17, 15) is 9.59 Å². The number of carbonyl (C=O) groups is 2. The van der Waals surface area contributed by atoms with E-state index in [0.717, 1.165) is 37.4 Å². The van der Waals surface area contributed by atoms with E-state index in [1.165, 1.54) is 0 Å². The Morgan fingerprint density at radius 2 is 1.73 bits per heavy atom. The summed E-state index contributed by atoms with van der Waals surface area (Å²) in [5, 5.41) is 2.88. The molecule has 1 aromatic rings. The first-order valence-electron chi connectivity index (χ1n) is 7.90. The monoisotopic (exact) mass is 303 g/mol. The standard InChI is InChI=1S/C17H25N3O2/c1-4-18-17(22)13(2)19-9-11-20(12-10-19)16-7-5-15(6-8-16)14(3)21/h5-8,13H,4,9-12H2,1-3H3,(H,18,22)/t13-/m1/s1. The van der Waals surface area contributed by atoms with Crippen LogP contribution in [0.4, 0.5) is 5.69 Å². The van der Waals surface area contributed by atoms with Gasteiger partial charge in [-0.2, -0.15) is 0 Å². The number of amides is 1. The molecule has 1 N–H and O–H groups in total. The maximum atomic E-state index is 11.9. The maximum absolute atomic E-state index is 11.9. The van der Waals surface area contributed by atoms with Gasteiger partial charge in [0.1, 0.15) is 0 Å². The third-order valence-corrected chi connectivity index (χ3v) is 4.23. The Morgan fingerprint density at radius 3 is 2.23 bits per heavy atom. The van der Waals surface area contributed by atoms with Crippen LogP contribution in [-0.2, 0) is 4.79 Å². The molecular weight excluding hydrogens is 278 g/mol. The number of piperazine rings is 1.